The Morgan fingerprint density at radius 2 is 1.54 bits per heavy atom. The third kappa shape index (κ3) is 5.12. The Labute approximate surface area is 87.8 Å². The van der Waals surface area contributed by atoms with Crippen LogP contribution in [0.25, 0.3) is 0 Å². The summed E-state index contributed by atoms with van der Waals surface area (Å²) in [6.07, 6.45) is 0. The van der Waals surface area contributed by atoms with Gasteiger partial charge in [0.05, 0.1) is 0 Å². The van der Waals surface area contributed by atoms with Crippen LogP contribution in [0.5, 0.6) is 0 Å². The van der Waals surface area contributed by atoms with Crippen LogP contribution in [-0.2, 0) is 17.1 Å². The first-order chi connectivity index (χ1) is 5.93. The van der Waals surface area contributed by atoms with E-state index in [0.29, 0.717) is 5.69 Å². The minimum absolute atomic E-state index is 0. The zero-order valence-corrected chi connectivity index (χ0v) is 8.01. The van der Waals surface area contributed by atoms with E-state index in [1.807, 2.05) is 30.3 Å². The third-order valence-corrected chi connectivity index (χ3v) is 1.31. The fourth-order valence-corrected chi connectivity index (χ4v) is 0.745. The van der Waals surface area contributed by atoms with E-state index in [4.69, 9.17) is 0 Å². The van der Waals surface area contributed by atoms with Gasteiger partial charge < -0.3 is 0 Å². The second-order valence-corrected chi connectivity index (χ2v) is 2.20. The average Bonchev–Trinajstić information content (AvgIpc) is 2.81. The maximum absolute atomic E-state index is 9.62. The predicted octanol–water partition coefficient (Wildman–Crippen LogP) is 3.21. The van der Waals surface area contributed by atoms with Gasteiger partial charge in [0.25, 0.3) is 0 Å². The molecule has 0 amide bonds. The van der Waals surface area contributed by atoms with Crippen LogP contribution in [0.4, 0.5) is 5.69 Å². The minimum Gasteiger partial charge on any atom is -0.214 e. The van der Waals surface area contributed by atoms with Gasteiger partial charge in [-0.3, -0.25) is 0 Å². The summed E-state index contributed by atoms with van der Waals surface area (Å²) in [4.78, 5) is 9.62. The molecule has 0 heterocycles. The van der Waals surface area contributed by atoms with Crippen molar-refractivity contribution in [2.24, 2.45) is 5.18 Å². The van der Waals surface area contributed by atoms with Crippen LogP contribution in [0, 0.1) is 4.91 Å². The normalized spacial score (nSPS) is 7.69. The first-order valence-corrected chi connectivity index (χ1v) is 3.65. The molecule has 13 heavy (non-hydrogen) atoms. The van der Waals surface area contributed by atoms with Gasteiger partial charge in [-0.1, -0.05) is 5.18 Å². The summed E-state index contributed by atoms with van der Waals surface area (Å²) < 4.78 is 0. The Hall–Kier alpha value is -1.18. The standard InChI is InChI=1S/C5H4NO.C5H5.Fe/c7-6-5-3-1-2-4-5;1-2-4-5-3-1;/h1-4H;1-5H;/q2*-1;+2. The third-order valence-electron chi connectivity index (χ3n) is 1.31. The summed E-state index contributed by atoms with van der Waals surface area (Å²) >= 11 is 0. The maximum Gasteiger partial charge on any atom is 2.00 e. The molecule has 0 saturated heterocycles. The SMILES string of the molecule is O=N[c-]1cccc1.[Fe+2].c1cc[cH-]c1. The molecule has 0 unspecified atom stereocenters. The fourth-order valence-electron chi connectivity index (χ4n) is 0.745. The predicted molar refractivity (Wildman–Crippen MR) is 49.5 cm³/mol. The topological polar surface area (TPSA) is 29.4 Å². The molecule has 3 heteroatoms. The smallest absolute Gasteiger partial charge is 0.214 e. The van der Waals surface area contributed by atoms with E-state index >= 15 is 0 Å². The molecular formula is C10H9FeNO. The molecule has 0 aromatic heterocycles. The molecule has 0 atom stereocenters. The van der Waals surface area contributed by atoms with Gasteiger partial charge in [0.2, 0.25) is 0 Å². The van der Waals surface area contributed by atoms with Crippen LogP contribution in [0.2, 0.25) is 0 Å². The zero-order valence-electron chi connectivity index (χ0n) is 6.91. The number of hydrogen-bond donors (Lipinski definition) is 0. The van der Waals surface area contributed by atoms with Crippen LogP contribution in [0.3, 0.4) is 0 Å². The van der Waals surface area contributed by atoms with Gasteiger partial charge in [-0.2, -0.15) is 35.2 Å². The molecule has 2 rings (SSSR count). The second kappa shape index (κ2) is 7.47. The summed E-state index contributed by atoms with van der Waals surface area (Å²) in [5.41, 5.74) is 0.500. The van der Waals surface area contributed by atoms with Crippen molar-refractivity contribution in [1.82, 2.24) is 0 Å². The minimum atomic E-state index is 0. The molecule has 2 aromatic carbocycles. The van der Waals surface area contributed by atoms with E-state index in [1.165, 1.54) is 0 Å². The molecule has 68 valence electrons. The molecule has 2 nitrogen and oxygen atoms in total. The molecule has 0 radical (unpaired) electrons. The van der Waals surface area contributed by atoms with Gasteiger partial charge in [0.15, 0.2) is 0 Å². The second-order valence-electron chi connectivity index (χ2n) is 2.20. The fraction of sp³-hybridized carbons (Fsp3) is 0. The molecular weight excluding hydrogens is 206 g/mol. The van der Waals surface area contributed by atoms with Crippen LogP contribution < -0.4 is 0 Å². The van der Waals surface area contributed by atoms with Crippen LogP contribution in [0.1, 0.15) is 0 Å². The Morgan fingerprint density at radius 3 is 1.77 bits per heavy atom. The van der Waals surface area contributed by atoms with E-state index in [-0.39, 0.29) is 17.1 Å². The summed E-state index contributed by atoms with van der Waals surface area (Å²) in [6, 6.07) is 16.9. The molecule has 0 bridgehead atoms. The van der Waals surface area contributed by atoms with E-state index in [1.54, 1.807) is 24.3 Å². The van der Waals surface area contributed by atoms with Crippen molar-refractivity contribution in [2.75, 3.05) is 0 Å². The van der Waals surface area contributed by atoms with Gasteiger partial charge >= 0.3 is 17.1 Å². The molecule has 0 spiro atoms. The molecule has 0 fully saturated rings. The Balaban J connectivity index is 0.000000215. The number of rotatable bonds is 1. The number of hydrogen-bond acceptors (Lipinski definition) is 2. The van der Waals surface area contributed by atoms with E-state index in [9.17, 15) is 4.91 Å². The summed E-state index contributed by atoms with van der Waals surface area (Å²) in [5, 5.41) is 2.68. The Morgan fingerprint density at radius 1 is 1.00 bits per heavy atom. The summed E-state index contributed by atoms with van der Waals surface area (Å²) in [6.45, 7) is 0. The Bertz CT molecular complexity index is 269. The molecule has 0 saturated carbocycles. The Kier molecular flexibility index (Phi) is 6.79. The molecule has 0 aliphatic rings. The monoisotopic (exact) mass is 215 g/mol. The van der Waals surface area contributed by atoms with Crippen molar-refractivity contribution in [3.05, 3.63) is 59.5 Å². The van der Waals surface area contributed by atoms with Crippen molar-refractivity contribution in [3.63, 3.8) is 0 Å². The van der Waals surface area contributed by atoms with E-state index in [0.717, 1.165) is 0 Å². The summed E-state index contributed by atoms with van der Waals surface area (Å²) in [7, 11) is 0. The van der Waals surface area contributed by atoms with Crippen molar-refractivity contribution in [3.8, 4) is 0 Å². The van der Waals surface area contributed by atoms with Crippen LogP contribution >= 0.6 is 0 Å². The van der Waals surface area contributed by atoms with Crippen LogP contribution in [-0.4, -0.2) is 0 Å². The van der Waals surface area contributed by atoms with E-state index < -0.39 is 0 Å². The first kappa shape index (κ1) is 11.8. The van der Waals surface area contributed by atoms with Crippen molar-refractivity contribution in [1.29, 1.82) is 0 Å². The average molecular weight is 215 g/mol. The first-order valence-electron chi connectivity index (χ1n) is 3.65. The van der Waals surface area contributed by atoms with Gasteiger partial charge in [-0.15, -0.1) is 0 Å². The zero-order chi connectivity index (χ0) is 8.65. The van der Waals surface area contributed by atoms with Gasteiger partial charge in [0.1, 0.15) is 0 Å². The van der Waals surface area contributed by atoms with Crippen molar-refractivity contribution >= 4 is 5.69 Å². The van der Waals surface area contributed by atoms with Crippen molar-refractivity contribution in [2.45, 2.75) is 0 Å². The molecule has 2 aromatic rings. The summed E-state index contributed by atoms with van der Waals surface area (Å²) in [5.74, 6) is 0. The maximum atomic E-state index is 9.62. The van der Waals surface area contributed by atoms with Crippen LogP contribution in [0.15, 0.2) is 59.8 Å². The van der Waals surface area contributed by atoms with Gasteiger partial charge in [-0.05, 0) is 5.69 Å². The number of nitroso groups, excluding NO2 is 1. The van der Waals surface area contributed by atoms with Gasteiger partial charge in [0, 0.05) is 0 Å². The van der Waals surface area contributed by atoms with Crippen molar-refractivity contribution < 1.29 is 17.1 Å². The number of nitrogens with zero attached hydrogens (tertiary/aromatic N) is 1. The van der Waals surface area contributed by atoms with E-state index in [2.05, 4.69) is 5.18 Å². The quantitative estimate of drug-likeness (QED) is 0.408. The molecule has 0 N–H and O–H groups in total. The molecule has 0 aliphatic heterocycles. The molecule has 0 aliphatic carbocycles. The van der Waals surface area contributed by atoms with Gasteiger partial charge in [-0.25, -0.2) is 24.3 Å². The largest absolute Gasteiger partial charge is 2.00 e.